The molecule has 13 heavy (non-hydrogen) atoms. The Morgan fingerprint density at radius 1 is 1.15 bits per heavy atom. The van der Waals surface area contributed by atoms with Crippen molar-refractivity contribution in [2.24, 2.45) is 5.41 Å². The smallest absolute Gasteiger partial charge is 0.268 e. The van der Waals surface area contributed by atoms with Crippen molar-refractivity contribution >= 4 is 11.5 Å². The molecule has 0 radical (unpaired) electrons. The van der Waals surface area contributed by atoms with E-state index in [0.29, 0.717) is 5.78 Å². The fourth-order valence-electron chi connectivity index (χ4n) is 2.60. The van der Waals surface area contributed by atoms with Crippen LogP contribution in [0.2, 0.25) is 0 Å². The summed E-state index contributed by atoms with van der Waals surface area (Å²) >= 11 is 0. The van der Waals surface area contributed by atoms with Crippen LogP contribution in [-0.4, -0.2) is 16.3 Å². The number of hydrogen-bond acceptors (Lipinski definition) is 1. The average Bonchev–Trinajstić information content (AvgIpc) is 2.49. The summed E-state index contributed by atoms with van der Waals surface area (Å²) in [7, 11) is 0. The van der Waals surface area contributed by atoms with E-state index in [-0.39, 0.29) is 5.41 Å². The lowest BCUT2D eigenvalue weighted by molar-refractivity contribution is -0.118. The Hall–Kier alpha value is -0.950. The minimum atomic E-state index is 0.283. The fourth-order valence-corrected chi connectivity index (χ4v) is 2.60. The molecule has 0 heterocycles. The number of carbonyl (C=O) groups is 1. The molecule has 2 aliphatic rings. The van der Waals surface area contributed by atoms with E-state index in [4.69, 9.17) is 5.53 Å². The largest absolute Gasteiger partial charge is 0.362 e. The molecule has 1 spiro atoms. The maximum atomic E-state index is 11.2. The molecule has 0 aromatic carbocycles. The summed E-state index contributed by atoms with van der Waals surface area (Å²) in [5, 5.41) is 0. The Morgan fingerprint density at radius 3 is 2.23 bits per heavy atom. The average molecular weight is 178 g/mol. The Morgan fingerprint density at radius 2 is 1.77 bits per heavy atom. The molecule has 0 bridgehead atoms. The molecule has 0 aromatic rings. The van der Waals surface area contributed by atoms with Crippen molar-refractivity contribution < 1.29 is 9.58 Å². The van der Waals surface area contributed by atoms with Gasteiger partial charge < -0.3 is 5.53 Å². The summed E-state index contributed by atoms with van der Waals surface area (Å²) in [5.74, 6) is 0.421. The molecule has 0 amide bonds. The second kappa shape index (κ2) is 3.08. The van der Waals surface area contributed by atoms with Gasteiger partial charge in [0.2, 0.25) is 0 Å². The number of hydrogen-bond donors (Lipinski definition) is 0. The summed E-state index contributed by atoms with van der Waals surface area (Å²) in [6.07, 6.45) is 6.44. The molecule has 0 N–H and O–H groups in total. The molecular weight excluding hydrogens is 164 g/mol. The maximum Gasteiger partial charge on any atom is 0.268 e. The second-order valence-corrected chi connectivity index (χ2v) is 4.38. The molecule has 2 aliphatic carbocycles. The lowest BCUT2D eigenvalue weighted by Gasteiger charge is -2.30. The van der Waals surface area contributed by atoms with Crippen molar-refractivity contribution in [3.63, 3.8) is 0 Å². The Labute approximate surface area is 77.8 Å². The van der Waals surface area contributed by atoms with Crippen LogP contribution in [0.15, 0.2) is 0 Å². The van der Waals surface area contributed by atoms with Gasteiger partial charge in [0, 0.05) is 25.7 Å². The van der Waals surface area contributed by atoms with E-state index in [1.165, 1.54) is 0 Å². The van der Waals surface area contributed by atoms with Crippen LogP contribution in [0.3, 0.4) is 0 Å². The van der Waals surface area contributed by atoms with E-state index in [0.717, 1.165) is 50.7 Å². The molecule has 0 atom stereocenters. The number of nitrogens with zero attached hydrogens (tertiary/aromatic N) is 2. The fraction of sp³-hybridized carbons (Fsp3) is 0.800. The first kappa shape index (κ1) is 8.64. The highest BCUT2D eigenvalue weighted by atomic mass is 16.1. The van der Waals surface area contributed by atoms with Crippen LogP contribution < -0.4 is 0 Å². The van der Waals surface area contributed by atoms with Crippen LogP contribution in [0, 0.1) is 5.41 Å². The van der Waals surface area contributed by atoms with E-state index in [1.807, 2.05) is 0 Å². The van der Waals surface area contributed by atoms with Gasteiger partial charge in [-0.1, -0.05) is 0 Å². The van der Waals surface area contributed by atoms with Crippen molar-refractivity contribution in [1.82, 2.24) is 0 Å². The number of carbonyl (C=O) groups excluding carboxylic acids is 1. The minimum Gasteiger partial charge on any atom is -0.362 e. The van der Waals surface area contributed by atoms with E-state index in [2.05, 4.69) is 4.79 Å². The number of ketones is 1. The summed E-state index contributed by atoms with van der Waals surface area (Å²) in [4.78, 5) is 14.4. The van der Waals surface area contributed by atoms with E-state index in [9.17, 15) is 4.79 Å². The molecule has 0 saturated heterocycles. The second-order valence-electron chi connectivity index (χ2n) is 4.38. The molecule has 2 saturated carbocycles. The van der Waals surface area contributed by atoms with Gasteiger partial charge in [-0.3, -0.25) is 4.79 Å². The molecule has 70 valence electrons. The van der Waals surface area contributed by atoms with Crippen LogP contribution in [-0.2, 0) is 4.79 Å². The van der Waals surface area contributed by atoms with Crippen LogP contribution in [0.1, 0.15) is 44.9 Å². The normalized spacial score (nSPS) is 33.8. The molecule has 2 fully saturated rings. The van der Waals surface area contributed by atoms with Gasteiger partial charge in [0.25, 0.3) is 5.71 Å². The standard InChI is InChI=1S/C10H14N2O/c11-12-8-1-4-10(5-2-8)6-3-9(13)7-10/h1-7H2. The van der Waals surface area contributed by atoms with Crippen LogP contribution >= 0.6 is 0 Å². The van der Waals surface area contributed by atoms with Crippen molar-refractivity contribution in [2.75, 3.05) is 0 Å². The highest BCUT2D eigenvalue weighted by molar-refractivity contribution is 5.83. The topological polar surface area (TPSA) is 53.5 Å². The summed E-state index contributed by atoms with van der Waals surface area (Å²) in [6, 6.07) is 0. The van der Waals surface area contributed by atoms with Gasteiger partial charge in [-0.15, -0.1) is 0 Å². The summed E-state index contributed by atoms with van der Waals surface area (Å²) in [6.45, 7) is 0. The predicted molar refractivity (Wildman–Crippen MR) is 48.4 cm³/mol. The SMILES string of the molecule is [N-]=[N+]=C1CCC2(CCC(=O)C2)CC1. The van der Waals surface area contributed by atoms with Gasteiger partial charge in [-0.05, 0) is 24.7 Å². The monoisotopic (exact) mass is 178 g/mol. The summed E-state index contributed by atoms with van der Waals surface area (Å²) in [5.41, 5.74) is 9.79. The van der Waals surface area contributed by atoms with Crippen molar-refractivity contribution in [2.45, 2.75) is 44.9 Å². The van der Waals surface area contributed by atoms with E-state index in [1.54, 1.807) is 0 Å². The highest BCUT2D eigenvalue weighted by Crippen LogP contribution is 2.46. The van der Waals surface area contributed by atoms with Crippen molar-refractivity contribution in [1.29, 1.82) is 0 Å². The van der Waals surface area contributed by atoms with Crippen molar-refractivity contribution in [3.05, 3.63) is 5.53 Å². The zero-order valence-corrected chi connectivity index (χ0v) is 7.75. The Kier molecular flexibility index (Phi) is 2.04. The lowest BCUT2D eigenvalue weighted by atomic mass is 9.72. The third kappa shape index (κ3) is 1.56. The molecule has 3 nitrogen and oxygen atoms in total. The quantitative estimate of drug-likeness (QED) is 0.413. The third-order valence-corrected chi connectivity index (χ3v) is 3.54. The third-order valence-electron chi connectivity index (χ3n) is 3.54. The Bertz CT molecular complexity index is 279. The maximum absolute atomic E-state index is 11.2. The first-order valence-electron chi connectivity index (χ1n) is 4.96. The molecular formula is C10H14N2O. The number of Topliss-reactive ketones (excluding diaryl/α,β-unsaturated/α-hetero) is 1. The van der Waals surface area contributed by atoms with Gasteiger partial charge in [-0.25, -0.2) is 0 Å². The van der Waals surface area contributed by atoms with Crippen molar-refractivity contribution in [3.8, 4) is 0 Å². The van der Waals surface area contributed by atoms with Gasteiger partial charge >= 0.3 is 0 Å². The van der Waals surface area contributed by atoms with Gasteiger partial charge in [0.05, 0.1) is 0 Å². The van der Waals surface area contributed by atoms with Crippen LogP contribution in [0.25, 0.3) is 5.53 Å². The predicted octanol–water partition coefficient (Wildman–Crippen LogP) is 1.97. The van der Waals surface area contributed by atoms with E-state index >= 15 is 0 Å². The Balaban J connectivity index is 2.05. The molecule has 2 rings (SSSR count). The first-order valence-corrected chi connectivity index (χ1v) is 4.96. The molecule has 3 heteroatoms. The first-order chi connectivity index (χ1) is 6.24. The lowest BCUT2D eigenvalue weighted by Crippen LogP contribution is -2.25. The molecule has 0 aromatic heterocycles. The minimum absolute atomic E-state index is 0.283. The zero-order valence-electron chi connectivity index (χ0n) is 7.75. The van der Waals surface area contributed by atoms with Crippen LogP contribution in [0.4, 0.5) is 0 Å². The van der Waals surface area contributed by atoms with Crippen LogP contribution in [0.5, 0.6) is 0 Å². The molecule has 0 unspecified atom stereocenters. The summed E-state index contributed by atoms with van der Waals surface area (Å²) < 4.78 is 0. The van der Waals surface area contributed by atoms with Gasteiger partial charge in [0.15, 0.2) is 0 Å². The zero-order chi connectivity index (χ0) is 9.31. The van der Waals surface area contributed by atoms with E-state index < -0.39 is 0 Å². The highest BCUT2D eigenvalue weighted by Gasteiger charge is 2.41. The molecule has 0 aliphatic heterocycles. The van der Waals surface area contributed by atoms with Gasteiger partial charge in [0.1, 0.15) is 5.78 Å². The van der Waals surface area contributed by atoms with Gasteiger partial charge in [-0.2, -0.15) is 4.79 Å². The number of rotatable bonds is 0.